The Morgan fingerprint density at radius 2 is 2.10 bits per heavy atom. The molecule has 21 heavy (non-hydrogen) atoms. The van der Waals surface area contributed by atoms with E-state index < -0.39 is 10.0 Å². The number of rotatable bonds is 3. The third-order valence-corrected chi connectivity index (χ3v) is 5.32. The zero-order valence-corrected chi connectivity index (χ0v) is 12.7. The molecule has 112 valence electrons. The first-order chi connectivity index (χ1) is 9.99. The lowest BCUT2D eigenvalue weighted by atomic mass is 10.0. The lowest BCUT2D eigenvalue weighted by Crippen LogP contribution is -2.32. The van der Waals surface area contributed by atoms with Gasteiger partial charge in [-0.15, -0.1) is 0 Å². The van der Waals surface area contributed by atoms with Gasteiger partial charge in [-0.25, -0.2) is 13.1 Å². The fraction of sp³-hybridized carbons (Fsp3) is 0.357. The molecular formula is C14H17N3O3S. The Hall–Kier alpha value is -1.86. The van der Waals surface area contributed by atoms with Crippen molar-refractivity contribution in [2.75, 3.05) is 6.61 Å². The Labute approximate surface area is 123 Å². The van der Waals surface area contributed by atoms with Crippen LogP contribution < -0.4 is 9.46 Å². The van der Waals surface area contributed by atoms with Crippen molar-refractivity contribution < 1.29 is 13.2 Å². The number of ether oxygens (including phenoxy) is 1. The lowest BCUT2D eigenvalue weighted by Gasteiger charge is -2.26. The SMILES string of the molecule is Cc1n[nH]c(C)c1S(=O)(=O)NC1CCOc2ccccc21. The van der Waals surface area contributed by atoms with E-state index in [1.54, 1.807) is 13.8 Å². The van der Waals surface area contributed by atoms with Gasteiger partial charge < -0.3 is 4.74 Å². The lowest BCUT2D eigenvalue weighted by molar-refractivity contribution is 0.263. The maximum absolute atomic E-state index is 12.6. The van der Waals surface area contributed by atoms with Gasteiger partial charge in [0, 0.05) is 12.0 Å². The molecule has 1 aliphatic rings. The molecule has 0 fully saturated rings. The van der Waals surface area contributed by atoms with Gasteiger partial charge in [0.05, 0.1) is 24.0 Å². The van der Waals surface area contributed by atoms with Crippen LogP contribution in [-0.4, -0.2) is 25.2 Å². The molecule has 0 bridgehead atoms. The molecule has 0 spiro atoms. The second-order valence-corrected chi connectivity index (χ2v) is 6.76. The molecule has 1 aliphatic heterocycles. The highest BCUT2D eigenvalue weighted by atomic mass is 32.2. The van der Waals surface area contributed by atoms with Crippen LogP contribution in [0.3, 0.4) is 0 Å². The number of benzene rings is 1. The molecule has 1 aromatic carbocycles. The number of sulfonamides is 1. The zero-order chi connectivity index (χ0) is 15.0. The first-order valence-corrected chi connectivity index (χ1v) is 8.23. The third-order valence-electron chi connectivity index (χ3n) is 3.59. The molecule has 2 aromatic rings. The fourth-order valence-corrected chi connectivity index (χ4v) is 4.27. The van der Waals surface area contributed by atoms with E-state index in [9.17, 15) is 8.42 Å². The summed E-state index contributed by atoms with van der Waals surface area (Å²) in [7, 11) is -3.62. The van der Waals surface area contributed by atoms with Crippen molar-refractivity contribution >= 4 is 10.0 Å². The molecule has 3 rings (SSSR count). The summed E-state index contributed by atoms with van der Waals surface area (Å²) < 4.78 is 33.5. The Bertz CT molecular complexity index is 748. The molecule has 2 heterocycles. The Kier molecular flexibility index (Phi) is 3.46. The number of aromatic amines is 1. The normalized spacial score (nSPS) is 18.1. The fourth-order valence-electron chi connectivity index (χ4n) is 2.65. The monoisotopic (exact) mass is 307 g/mol. The van der Waals surface area contributed by atoms with Crippen molar-refractivity contribution in [1.29, 1.82) is 0 Å². The van der Waals surface area contributed by atoms with E-state index in [1.807, 2.05) is 24.3 Å². The standard InChI is InChI=1S/C14H17N3O3S/c1-9-14(10(2)16-15-9)21(18,19)17-12-7-8-20-13-6-4-3-5-11(12)13/h3-6,12,17H,7-8H2,1-2H3,(H,15,16). The number of hydrogen-bond acceptors (Lipinski definition) is 4. The van der Waals surface area contributed by atoms with E-state index in [4.69, 9.17) is 4.74 Å². The minimum atomic E-state index is -3.62. The zero-order valence-electron chi connectivity index (χ0n) is 11.9. The second kappa shape index (κ2) is 5.16. The Balaban J connectivity index is 1.94. The van der Waals surface area contributed by atoms with Crippen LogP contribution in [0.1, 0.15) is 29.4 Å². The molecular weight excluding hydrogens is 290 g/mol. The number of fused-ring (bicyclic) bond motifs is 1. The quantitative estimate of drug-likeness (QED) is 0.906. The molecule has 2 N–H and O–H groups in total. The molecule has 0 amide bonds. The van der Waals surface area contributed by atoms with Crippen molar-refractivity contribution in [3.8, 4) is 5.75 Å². The molecule has 1 atom stereocenters. The average molecular weight is 307 g/mol. The van der Waals surface area contributed by atoms with E-state index in [0.29, 0.717) is 24.4 Å². The summed E-state index contributed by atoms with van der Waals surface area (Å²) in [6.07, 6.45) is 0.603. The number of nitrogens with zero attached hydrogens (tertiary/aromatic N) is 1. The van der Waals surface area contributed by atoms with Crippen LogP contribution in [0.15, 0.2) is 29.2 Å². The predicted molar refractivity (Wildman–Crippen MR) is 77.7 cm³/mol. The van der Waals surface area contributed by atoms with Crippen molar-refractivity contribution in [2.24, 2.45) is 0 Å². The van der Waals surface area contributed by atoms with Crippen LogP contribution in [-0.2, 0) is 10.0 Å². The second-order valence-electron chi connectivity index (χ2n) is 5.11. The van der Waals surface area contributed by atoms with Gasteiger partial charge in [0.1, 0.15) is 10.6 Å². The first-order valence-electron chi connectivity index (χ1n) is 6.74. The van der Waals surface area contributed by atoms with Crippen LogP contribution >= 0.6 is 0 Å². The molecule has 7 heteroatoms. The minimum absolute atomic E-state index is 0.228. The molecule has 6 nitrogen and oxygen atoms in total. The van der Waals surface area contributed by atoms with Gasteiger partial charge >= 0.3 is 0 Å². The number of H-pyrrole nitrogens is 1. The van der Waals surface area contributed by atoms with Gasteiger partial charge in [0.2, 0.25) is 10.0 Å². The maximum atomic E-state index is 12.6. The van der Waals surface area contributed by atoms with E-state index in [0.717, 1.165) is 11.3 Å². The van der Waals surface area contributed by atoms with Gasteiger partial charge in [0.25, 0.3) is 0 Å². The van der Waals surface area contributed by atoms with Crippen molar-refractivity contribution in [3.63, 3.8) is 0 Å². The number of aryl methyl sites for hydroxylation is 2. The smallest absolute Gasteiger partial charge is 0.244 e. The first kappa shape index (κ1) is 14.1. The van der Waals surface area contributed by atoms with Crippen molar-refractivity contribution in [1.82, 2.24) is 14.9 Å². The number of para-hydroxylation sites is 1. The summed E-state index contributed by atoms with van der Waals surface area (Å²) in [4.78, 5) is 0.228. The summed E-state index contributed by atoms with van der Waals surface area (Å²) in [5.41, 5.74) is 1.88. The van der Waals surface area contributed by atoms with Crippen LogP contribution in [0.2, 0.25) is 0 Å². The summed E-state index contributed by atoms with van der Waals surface area (Å²) in [5, 5.41) is 6.66. The molecule has 1 unspecified atom stereocenters. The largest absolute Gasteiger partial charge is 0.493 e. The van der Waals surface area contributed by atoms with E-state index >= 15 is 0 Å². The Morgan fingerprint density at radius 3 is 2.81 bits per heavy atom. The van der Waals surface area contributed by atoms with E-state index in [1.165, 1.54) is 0 Å². The van der Waals surface area contributed by atoms with Gasteiger partial charge in [-0.1, -0.05) is 18.2 Å². The molecule has 0 aliphatic carbocycles. The van der Waals surface area contributed by atoms with Gasteiger partial charge in [0.15, 0.2) is 0 Å². The van der Waals surface area contributed by atoms with Crippen molar-refractivity contribution in [3.05, 3.63) is 41.2 Å². The third kappa shape index (κ3) is 2.54. The van der Waals surface area contributed by atoms with Gasteiger partial charge in [-0.2, -0.15) is 5.10 Å². The van der Waals surface area contributed by atoms with E-state index in [-0.39, 0.29) is 10.9 Å². The average Bonchev–Trinajstić information content (AvgIpc) is 2.79. The number of nitrogens with one attached hydrogen (secondary N) is 2. The molecule has 1 aromatic heterocycles. The van der Waals surface area contributed by atoms with Crippen LogP contribution in [0, 0.1) is 13.8 Å². The number of hydrogen-bond donors (Lipinski definition) is 2. The predicted octanol–water partition coefficient (Wildman–Crippen LogP) is 1.83. The van der Waals surface area contributed by atoms with Crippen LogP contribution in [0.5, 0.6) is 5.75 Å². The summed E-state index contributed by atoms with van der Waals surface area (Å²) in [6, 6.07) is 7.21. The Morgan fingerprint density at radius 1 is 1.33 bits per heavy atom. The summed E-state index contributed by atoms with van der Waals surface area (Å²) >= 11 is 0. The van der Waals surface area contributed by atoms with E-state index in [2.05, 4.69) is 14.9 Å². The maximum Gasteiger partial charge on any atom is 0.244 e. The highest BCUT2D eigenvalue weighted by Crippen LogP contribution is 2.33. The molecule has 0 saturated carbocycles. The van der Waals surface area contributed by atoms with Gasteiger partial charge in [-0.3, -0.25) is 5.10 Å². The number of aromatic nitrogens is 2. The topological polar surface area (TPSA) is 84.1 Å². The van der Waals surface area contributed by atoms with Gasteiger partial charge in [-0.05, 0) is 19.9 Å². The minimum Gasteiger partial charge on any atom is -0.493 e. The molecule has 0 radical (unpaired) electrons. The van der Waals surface area contributed by atoms with Crippen molar-refractivity contribution in [2.45, 2.75) is 31.2 Å². The highest BCUT2D eigenvalue weighted by Gasteiger charge is 2.29. The molecule has 0 saturated heterocycles. The van der Waals surface area contributed by atoms with Crippen LogP contribution in [0.4, 0.5) is 0 Å². The summed E-state index contributed by atoms with van der Waals surface area (Å²) in [6.45, 7) is 3.87. The van der Waals surface area contributed by atoms with Crippen LogP contribution in [0.25, 0.3) is 0 Å². The highest BCUT2D eigenvalue weighted by molar-refractivity contribution is 7.89. The summed E-state index contributed by atoms with van der Waals surface area (Å²) in [5.74, 6) is 0.733.